The van der Waals surface area contributed by atoms with Gasteiger partial charge in [0.15, 0.2) is 0 Å². The van der Waals surface area contributed by atoms with E-state index in [1.165, 1.54) is 11.3 Å². The lowest BCUT2D eigenvalue weighted by molar-refractivity contribution is 0.475. The molecule has 22 heavy (non-hydrogen) atoms. The number of phenols is 1. The molecule has 0 aliphatic rings. The van der Waals surface area contributed by atoms with Gasteiger partial charge in [0.05, 0.1) is 5.69 Å². The van der Waals surface area contributed by atoms with E-state index in [2.05, 4.69) is 26.0 Å². The fourth-order valence-corrected chi connectivity index (χ4v) is 3.12. The third kappa shape index (κ3) is 3.03. The molecular formula is C16H12BrN3OS. The van der Waals surface area contributed by atoms with Crippen LogP contribution >= 0.6 is 27.3 Å². The van der Waals surface area contributed by atoms with E-state index in [9.17, 15) is 5.11 Å². The number of aromatic hydroxyl groups is 1. The molecule has 0 saturated carbocycles. The van der Waals surface area contributed by atoms with Crippen LogP contribution in [0.15, 0.2) is 63.5 Å². The SMILES string of the molecule is N/N=C(\c1ccc(O)cc1)c1nc(-c2ccc(Br)cc2)cs1. The maximum Gasteiger partial charge on any atom is 0.144 e. The molecule has 0 atom stereocenters. The highest BCUT2D eigenvalue weighted by molar-refractivity contribution is 9.10. The first-order valence-electron chi connectivity index (χ1n) is 6.46. The molecule has 3 rings (SSSR count). The summed E-state index contributed by atoms with van der Waals surface area (Å²) < 4.78 is 1.03. The van der Waals surface area contributed by atoms with Crippen molar-refractivity contribution >= 4 is 33.0 Å². The quantitative estimate of drug-likeness (QED) is 0.414. The van der Waals surface area contributed by atoms with Crippen molar-refractivity contribution in [1.29, 1.82) is 0 Å². The number of aromatic nitrogens is 1. The Morgan fingerprint density at radius 1 is 1.09 bits per heavy atom. The highest BCUT2D eigenvalue weighted by atomic mass is 79.9. The molecule has 110 valence electrons. The summed E-state index contributed by atoms with van der Waals surface area (Å²) in [5, 5.41) is 15.9. The Morgan fingerprint density at radius 3 is 2.41 bits per heavy atom. The Morgan fingerprint density at radius 2 is 1.77 bits per heavy atom. The first kappa shape index (κ1) is 14.7. The van der Waals surface area contributed by atoms with E-state index in [-0.39, 0.29) is 5.75 Å². The molecule has 0 bridgehead atoms. The predicted molar refractivity (Wildman–Crippen MR) is 93.2 cm³/mol. The number of nitrogens with zero attached hydrogens (tertiary/aromatic N) is 2. The number of hydrogen-bond donors (Lipinski definition) is 2. The third-order valence-corrected chi connectivity index (χ3v) is 4.49. The van der Waals surface area contributed by atoms with Crippen molar-refractivity contribution in [2.75, 3.05) is 0 Å². The molecule has 1 heterocycles. The second kappa shape index (κ2) is 6.29. The van der Waals surface area contributed by atoms with E-state index in [1.807, 2.05) is 29.6 Å². The minimum Gasteiger partial charge on any atom is -0.508 e. The summed E-state index contributed by atoms with van der Waals surface area (Å²) in [4.78, 5) is 4.61. The normalized spacial score (nSPS) is 11.6. The molecule has 3 N–H and O–H groups in total. The molecule has 0 spiro atoms. The zero-order valence-corrected chi connectivity index (χ0v) is 13.8. The first-order chi connectivity index (χ1) is 10.7. The fourth-order valence-electron chi connectivity index (χ4n) is 2.01. The molecule has 4 nitrogen and oxygen atoms in total. The lowest BCUT2D eigenvalue weighted by Crippen LogP contribution is -2.05. The van der Waals surface area contributed by atoms with Gasteiger partial charge in [-0.15, -0.1) is 11.3 Å². The van der Waals surface area contributed by atoms with E-state index in [1.54, 1.807) is 24.3 Å². The monoisotopic (exact) mass is 373 g/mol. The van der Waals surface area contributed by atoms with Crippen molar-refractivity contribution < 1.29 is 5.11 Å². The molecule has 0 saturated heterocycles. The van der Waals surface area contributed by atoms with Crippen LogP contribution in [0.25, 0.3) is 11.3 Å². The van der Waals surface area contributed by atoms with Crippen LogP contribution < -0.4 is 5.84 Å². The van der Waals surface area contributed by atoms with Gasteiger partial charge in [0.1, 0.15) is 16.5 Å². The van der Waals surface area contributed by atoms with E-state index < -0.39 is 0 Å². The standard InChI is InChI=1S/C16H12BrN3OS/c17-12-5-1-10(2-6-12)14-9-22-16(19-14)15(20-18)11-3-7-13(21)8-4-11/h1-9,21H,18H2/b20-15+. The fraction of sp³-hybridized carbons (Fsp3) is 0. The number of phenolic OH excluding ortho intramolecular Hbond substituents is 1. The van der Waals surface area contributed by atoms with Gasteiger partial charge in [0.25, 0.3) is 0 Å². The van der Waals surface area contributed by atoms with E-state index in [0.29, 0.717) is 5.71 Å². The van der Waals surface area contributed by atoms with Gasteiger partial charge in [0.2, 0.25) is 0 Å². The average molecular weight is 374 g/mol. The Kier molecular flexibility index (Phi) is 4.22. The van der Waals surface area contributed by atoms with E-state index in [0.717, 1.165) is 26.3 Å². The lowest BCUT2D eigenvalue weighted by Gasteiger charge is -2.02. The smallest absolute Gasteiger partial charge is 0.144 e. The molecule has 1 aromatic heterocycles. The van der Waals surface area contributed by atoms with Gasteiger partial charge in [-0.1, -0.05) is 28.1 Å². The second-order valence-electron chi connectivity index (χ2n) is 4.57. The summed E-state index contributed by atoms with van der Waals surface area (Å²) in [5.74, 6) is 5.73. The van der Waals surface area contributed by atoms with Gasteiger partial charge >= 0.3 is 0 Å². The van der Waals surface area contributed by atoms with Crippen LogP contribution in [0.1, 0.15) is 10.6 Å². The number of rotatable bonds is 3. The first-order valence-corrected chi connectivity index (χ1v) is 8.14. The summed E-state index contributed by atoms with van der Waals surface area (Å²) >= 11 is 4.90. The molecule has 3 aromatic rings. The number of hydrogen-bond acceptors (Lipinski definition) is 5. The Balaban J connectivity index is 1.95. The van der Waals surface area contributed by atoms with Gasteiger partial charge < -0.3 is 10.9 Å². The highest BCUT2D eigenvalue weighted by Crippen LogP contribution is 2.25. The summed E-state index contributed by atoms with van der Waals surface area (Å²) in [6.07, 6.45) is 0. The topological polar surface area (TPSA) is 71.5 Å². The van der Waals surface area contributed by atoms with Gasteiger partial charge in [0, 0.05) is 21.0 Å². The van der Waals surface area contributed by atoms with Gasteiger partial charge in [-0.05, 0) is 36.4 Å². The van der Waals surface area contributed by atoms with Crippen LogP contribution in [0.5, 0.6) is 5.75 Å². The zero-order valence-electron chi connectivity index (χ0n) is 11.4. The van der Waals surface area contributed by atoms with E-state index >= 15 is 0 Å². The Hall–Kier alpha value is -2.18. The number of hydrazone groups is 1. The van der Waals surface area contributed by atoms with Crippen LogP contribution in [0, 0.1) is 0 Å². The number of halogens is 1. The summed E-state index contributed by atoms with van der Waals surface area (Å²) in [6, 6.07) is 14.7. The molecule has 6 heteroatoms. The van der Waals surface area contributed by atoms with Crippen LogP contribution in [0.4, 0.5) is 0 Å². The minimum absolute atomic E-state index is 0.204. The van der Waals surface area contributed by atoms with Crippen molar-refractivity contribution in [2.45, 2.75) is 0 Å². The summed E-state index contributed by atoms with van der Waals surface area (Å²) in [6.45, 7) is 0. The molecule has 0 aliphatic heterocycles. The number of nitrogens with two attached hydrogens (primary N) is 1. The largest absolute Gasteiger partial charge is 0.508 e. The molecule has 2 aromatic carbocycles. The molecule has 0 radical (unpaired) electrons. The molecular weight excluding hydrogens is 362 g/mol. The van der Waals surface area contributed by atoms with Gasteiger partial charge in [-0.2, -0.15) is 5.10 Å². The van der Waals surface area contributed by atoms with Crippen molar-refractivity contribution in [3.05, 3.63) is 69.0 Å². The van der Waals surface area contributed by atoms with Gasteiger partial charge in [-0.25, -0.2) is 4.98 Å². The maximum absolute atomic E-state index is 9.37. The van der Waals surface area contributed by atoms with Crippen LogP contribution in [-0.2, 0) is 0 Å². The number of thiazole rings is 1. The minimum atomic E-state index is 0.204. The van der Waals surface area contributed by atoms with Crippen LogP contribution in [0.2, 0.25) is 0 Å². The van der Waals surface area contributed by atoms with Crippen molar-refractivity contribution in [1.82, 2.24) is 4.98 Å². The van der Waals surface area contributed by atoms with Crippen LogP contribution in [-0.4, -0.2) is 15.8 Å². The second-order valence-corrected chi connectivity index (χ2v) is 6.34. The predicted octanol–water partition coefficient (Wildman–Crippen LogP) is 3.99. The highest BCUT2D eigenvalue weighted by Gasteiger charge is 2.12. The maximum atomic E-state index is 9.37. The van der Waals surface area contributed by atoms with Gasteiger partial charge in [-0.3, -0.25) is 0 Å². The molecule has 0 unspecified atom stereocenters. The summed E-state index contributed by atoms with van der Waals surface area (Å²) in [5.41, 5.74) is 3.34. The lowest BCUT2D eigenvalue weighted by atomic mass is 10.1. The Bertz CT molecular complexity index is 810. The van der Waals surface area contributed by atoms with Crippen molar-refractivity contribution in [2.24, 2.45) is 10.9 Å². The van der Waals surface area contributed by atoms with Crippen molar-refractivity contribution in [3.8, 4) is 17.0 Å². The van der Waals surface area contributed by atoms with Crippen LogP contribution in [0.3, 0.4) is 0 Å². The zero-order chi connectivity index (χ0) is 15.5. The average Bonchev–Trinajstić information content (AvgIpc) is 3.00. The molecule has 0 fully saturated rings. The number of benzene rings is 2. The molecule has 0 aliphatic carbocycles. The third-order valence-electron chi connectivity index (χ3n) is 3.12. The summed E-state index contributed by atoms with van der Waals surface area (Å²) in [7, 11) is 0. The van der Waals surface area contributed by atoms with Crippen molar-refractivity contribution in [3.63, 3.8) is 0 Å². The van der Waals surface area contributed by atoms with E-state index in [4.69, 9.17) is 5.84 Å². The Labute approximate surface area is 140 Å². The molecule has 0 amide bonds.